The summed E-state index contributed by atoms with van der Waals surface area (Å²) in [5.74, 6) is 0.359. The van der Waals surface area contributed by atoms with Gasteiger partial charge in [-0.25, -0.2) is 4.98 Å². The van der Waals surface area contributed by atoms with Crippen LogP contribution in [0.3, 0.4) is 0 Å². The highest BCUT2D eigenvalue weighted by molar-refractivity contribution is 7.22. The van der Waals surface area contributed by atoms with Gasteiger partial charge in [0.15, 0.2) is 11.7 Å². The van der Waals surface area contributed by atoms with Crippen molar-refractivity contribution in [2.45, 2.75) is 0 Å². The minimum absolute atomic E-state index is 0.0625. The number of nitrogens with one attached hydrogen (secondary N) is 2. The molecule has 0 saturated heterocycles. The maximum atomic E-state index is 11.8. The second-order valence-corrected chi connectivity index (χ2v) is 6.22. The van der Waals surface area contributed by atoms with E-state index in [1.807, 2.05) is 30.3 Å². The molecule has 1 aromatic heterocycles. The van der Waals surface area contributed by atoms with Crippen LogP contribution in [0.1, 0.15) is 5.56 Å². The molecule has 6 nitrogen and oxygen atoms in total. The highest BCUT2D eigenvalue weighted by atomic mass is 32.1. The molecule has 1 amide bonds. The third kappa shape index (κ3) is 4.68. The lowest BCUT2D eigenvalue weighted by Gasteiger charge is -2.08. The van der Waals surface area contributed by atoms with Crippen molar-refractivity contribution in [1.82, 2.24) is 10.3 Å². The molecule has 2 N–H and O–H groups in total. The van der Waals surface area contributed by atoms with Crippen LogP contribution in [0.2, 0.25) is 0 Å². The summed E-state index contributed by atoms with van der Waals surface area (Å²) in [5.41, 5.74) is 1.52. The molecule has 25 heavy (non-hydrogen) atoms. The number of rotatable bonds is 7. The monoisotopic (exact) mass is 352 g/mol. The van der Waals surface area contributed by atoms with Crippen LogP contribution < -0.4 is 15.4 Å². The quantitative estimate of drug-likeness (QED) is 0.639. The smallest absolute Gasteiger partial charge is 0.258 e. The highest BCUT2D eigenvalue weighted by Crippen LogP contribution is 2.24. The molecule has 0 saturated carbocycles. The molecule has 3 aromatic rings. The highest BCUT2D eigenvalue weighted by Gasteiger charge is 2.04. The summed E-state index contributed by atoms with van der Waals surface area (Å²) in [6, 6.07) is 16.6. The number of thiazole rings is 1. The van der Waals surface area contributed by atoms with Crippen molar-refractivity contribution in [3.8, 4) is 11.8 Å². The van der Waals surface area contributed by atoms with Gasteiger partial charge in [-0.2, -0.15) is 5.26 Å². The van der Waals surface area contributed by atoms with Gasteiger partial charge < -0.3 is 15.4 Å². The van der Waals surface area contributed by atoms with E-state index in [1.54, 1.807) is 35.6 Å². The van der Waals surface area contributed by atoms with E-state index in [1.165, 1.54) is 0 Å². The first kappa shape index (κ1) is 16.7. The van der Waals surface area contributed by atoms with Crippen molar-refractivity contribution >= 4 is 32.6 Å². The topological polar surface area (TPSA) is 87.0 Å². The van der Waals surface area contributed by atoms with Crippen molar-refractivity contribution in [2.24, 2.45) is 0 Å². The first-order valence-electron chi connectivity index (χ1n) is 7.74. The molecule has 0 aliphatic rings. The van der Waals surface area contributed by atoms with Crippen LogP contribution in [0, 0.1) is 11.3 Å². The summed E-state index contributed by atoms with van der Waals surface area (Å²) in [4.78, 5) is 16.2. The Balaban J connectivity index is 1.36. The molecular formula is C18H16N4O2S. The Labute approximate surface area is 149 Å². The Hall–Kier alpha value is -3.11. The van der Waals surface area contributed by atoms with Crippen LogP contribution in [-0.2, 0) is 4.79 Å². The lowest BCUT2D eigenvalue weighted by molar-refractivity contribution is -0.123. The molecule has 2 aromatic carbocycles. The SMILES string of the molecule is N#Cc1ccc(OCC(=O)NCCNc2nc3ccccc3s2)cc1. The van der Waals surface area contributed by atoms with Gasteiger partial charge >= 0.3 is 0 Å². The van der Waals surface area contributed by atoms with Crippen LogP contribution in [-0.4, -0.2) is 30.6 Å². The Bertz CT molecular complexity index is 866. The van der Waals surface area contributed by atoms with Gasteiger partial charge in [0.25, 0.3) is 5.91 Å². The van der Waals surface area contributed by atoms with Crippen LogP contribution in [0.25, 0.3) is 10.2 Å². The van der Waals surface area contributed by atoms with Gasteiger partial charge in [0, 0.05) is 13.1 Å². The molecule has 0 bridgehead atoms. The maximum Gasteiger partial charge on any atom is 0.258 e. The molecule has 0 radical (unpaired) electrons. The third-order valence-electron chi connectivity index (χ3n) is 3.37. The first-order chi connectivity index (χ1) is 12.2. The number of amides is 1. The Morgan fingerprint density at radius 2 is 1.96 bits per heavy atom. The van der Waals surface area contributed by atoms with E-state index in [-0.39, 0.29) is 12.5 Å². The van der Waals surface area contributed by atoms with Crippen molar-refractivity contribution in [3.63, 3.8) is 0 Å². The number of carbonyl (C=O) groups excluding carboxylic acids is 1. The van der Waals surface area contributed by atoms with E-state index in [0.717, 1.165) is 15.3 Å². The van der Waals surface area contributed by atoms with Gasteiger partial charge in [-0.15, -0.1) is 0 Å². The van der Waals surface area contributed by atoms with E-state index < -0.39 is 0 Å². The van der Waals surface area contributed by atoms with E-state index in [4.69, 9.17) is 10.00 Å². The van der Waals surface area contributed by atoms with Crippen LogP contribution >= 0.6 is 11.3 Å². The van der Waals surface area contributed by atoms with Crippen molar-refractivity contribution < 1.29 is 9.53 Å². The largest absolute Gasteiger partial charge is 0.484 e. The number of carbonyl (C=O) groups is 1. The average Bonchev–Trinajstić information content (AvgIpc) is 3.07. The number of hydrogen-bond donors (Lipinski definition) is 2. The standard InChI is InChI=1S/C18H16N4O2S/c19-11-13-5-7-14(8-6-13)24-12-17(23)20-9-10-21-18-22-15-3-1-2-4-16(15)25-18/h1-8H,9-10,12H2,(H,20,23)(H,21,22). The molecule has 0 fully saturated rings. The van der Waals surface area contributed by atoms with Crippen LogP contribution in [0.5, 0.6) is 5.75 Å². The molecule has 1 heterocycles. The zero-order valence-corrected chi connectivity index (χ0v) is 14.2. The number of nitrogens with zero attached hydrogens (tertiary/aromatic N) is 2. The van der Waals surface area contributed by atoms with Crippen molar-refractivity contribution in [3.05, 3.63) is 54.1 Å². The number of para-hydroxylation sites is 1. The van der Waals surface area contributed by atoms with Gasteiger partial charge in [0.1, 0.15) is 5.75 Å². The molecule has 7 heteroatoms. The number of ether oxygens (including phenoxy) is 1. The van der Waals surface area contributed by atoms with Crippen LogP contribution in [0.15, 0.2) is 48.5 Å². The Morgan fingerprint density at radius 1 is 1.16 bits per heavy atom. The number of benzene rings is 2. The summed E-state index contributed by atoms with van der Waals surface area (Å²) in [6.07, 6.45) is 0. The molecule has 0 aliphatic heterocycles. The summed E-state index contributed by atoms with van der Waals surface area (Å²) in [6.45, 7) is 1.00. The molecule has 0 spiro atoms. The summed E-state index contributed by atoms with van der Waals surface area (Å²) < 4.78 is 6.50. The van der Waals surface area contributed by atoms with Gasteiger partial charge in [-0.1, -0.05) is 23.5 Å². The number of fused-ring (bicyclic) bond motifs is 1. The molecule has 0 unspecified atom stereocenters. The minimum Gasteiger partial charge on any atom is -0.484 e. The normalized spacial score (nSPS) is 10.2. The predicted molar refractivity (Wildman–Crippen MR) is 97.8 cm³/mol. The Kier molecular flexibility index (Phi) is 5.44. The number of aromatic nitrogens is 1. The van der Waals surface area contributed by atoms with E-state index in [0.29, 0.717) is 24.4 Å². The molecular weight excluding hydrogens is 336 g/mol. The number of nitriles is 1. The first-order valence-corrected chi connectivity index (χ1v) is 8.55. The van der Waals surface area contributed by atoms with E-state index in [9.17, 15) is 4.79 Å². The fourth-order valence-electron chi connectivity index (χ4n) is 2.14. The summed E-state index contributed by atoms with van der Waals surface area (Å²) in [5, 5.41) is 15.5. The number of hydrogen-bond acceptors (Lipinski definition) is 6. The zero-order chi connectivity index (χ0) is 17.5. The van der Waals surface area contributed by atoms with Crippen molar-refractivity contribution in [2.75, 3.05) is 25.0 Å². The van der Waals surface area contributed by atoms with Gasteiger partial charge in [-0.3, -0.25) is 4.79 Å². The third-order valence-corrected chi connectivity index (χ3v) is 4.36. The van der Waals surface area contributed by atoms with Crippen molar-refractivity contribution in [1.29, 1.82) is 5.26 Å². The summed E-state index contributed by atoms with van der Waals surface area (Å²) >= 11 is 1.58. The number of anilines is 1. The molecule has 0 aliphatic carbocycles. The van der Waals surface area contributed by atoms with E-state index >= 15 is 0 Å². The Morgan fingerprint density at radius 3 is 2.72 bits per heavy atom. The minimum atomic E-state index is -0.199. The van der Waals surface area contributed by atoms with E-state index in [2.05, 4.69) is 15.6 Å². The second-order valence-electron chi connectivity index (χ2n) is 5.19. The van der Waals surface area contributed by atoms with Gasteiger partial charge in [0.2, 0.25) is 0 Å². The fraction of sp³-hybridized carbons (Fsp3) is 0.167. The fourth-order valence-corrected chi connectivity index (χ4v) is 3.04. The molecule has 0 atom stereocenters. The zero-order valence-electron chi connectivity index (χ0n) is 13.4. The molecule has 126 valence electrons. The van der Waals surface area contributed by atoms with Crippen LogP contribution in [0.4, 0.5) is 5.13 Å². The molecule has 3 rings (SSSR count). The summed E-state index contributed by atoms with van der Waals surface area (Å²) in [7, 11) is 0. The lowest BCUT2D eigenvalue weighted by atomic mass is 10.2. The van der Waals surface area contributed by atoms with Gasteiger partial charge in [-0.05, 0) is 36.4 Å². The lowest BCUT2D eigenvalue weighted by Crippen LogP contribution is -2.32. The predicted octanol–water partition coefficient (Wildman–Crippen LogP) is 2.78. The average molecular weight is 352 g/mol. The van der Waals surface area contributed by atoms with Gasteiger partial charge in [0.05, 0.1) is 21.8 Å². The maximum absolute atomic E-state index is 11.8. The second kappa shape index (κ2) is 8.13.